The molecule has 1 aromatic rings. The van der Waals surface area contributed by atoms with Gasteiger partial charge in [-0.15, -0.1) is 0 Å². The summed E-state index contributed by atoms with van der Waals surface area (Å²) in [5, 5.41) is 12.2. The van der Waals surface area contributed by atoms with Crippen LogP contribution in [0.15, 0.2) is 23.4 Å². The maximum atomic E-state index is 8.69. The quantitative estimate of drug-likeness (QED) is 0.266. The van der Waals surface area contributed by atoms with Gasteiger partial charge in [-0.3, -0.25) is 0 Å². The van der Waals surface area contributed by atoms with Gasteiger partial charge < -0.3 is 15.7 Å². The Labute approximate surface area is 116 Å². The predicted octanol–water partition coefficient (Wildman–Crippen LogP) is 2.96. The van der Waals surface area contributed by atoms with E-state index in [9.17, 15) is 0 Å². The minimum absolute atomic E-state index is 0.0181. The summed E-state index contributed by atoms with van der Waals surface area (Å²) in [6.45, 7) is 2.71. The molecule has 1 aromatic carbocycles. The summed E-state index contributed by atoms with van der Waals surface area (Å²) in [5.41, 5.74) is 6.12. The molecule has 0 saturated heterocycles. The second kappa shape index (κ2) is 8.11. The lowest BCUT2D eigenvalue weighted by Crippen LogP contribution is -2.15. The van der Waals surface area contributed by atoms with Gasteiger partial charge in [0.05, 0.1) is 12.2 Å². The Kier molecular flexibility index (Phi) is 6.75. The summed E-state index contributed by atoms with van der Waals surface area (Å²) in [4.78, 5) is 0. The third kappa shape index (κ3) is 4.66. The molecular formula is C12H17ClN2O2S. The van der Waals surface area contributed by atoms with E-state index in [-0.39, 0.29) is 5.84 Å². The van der Waals surface area contributed by atoms with Crippen molar-refractivity contribution in [2.75, 3.05) is 18.1 Å². The molecule has 0 spiro atoms. The molecule has 3 N–H and O–H groups in total. The molecule has 0 fully saturated rings. The molecular weight excluding hydrogens is 272 g/mol. The van der Waals surface area contributed by atoms with E-state index in [1.54, 1.807) is 18.2 Å². The first-order valence-electron chi connectivity index (χ1n) is 5.67. The molecule has 0 amide bonds. The van der Waals surface area contributed by atoms with E-state index in [1.807, 2.05) is 11.8 Å². The highest BCUT2D eigenvalue weighted by atomic mass is 35.5. The number of amidine groups is 1. The third-order valence-electron chi connectivity index (χ3n) is 2.22. The average molecular weight is 289 g/mol. The highest BCUT2D eigenvalue weighted by molar-refractivity contribution is 7.99. The van der Waals surface area contributed by atoms with Crippen molar-refractivity contribution in [2.24, 2.45) is 10.9 Å². The first kappa shape index (κ1) is 15.0. The van der Waals surface area contributed by atoms with Gasteiger partial charge in [0.2, 0.25) is 0 Å². The van der Waals surface area contributed by atoms with E-state index in [0.29, 0.717) is 22.9 Å². The van der Waals surface area contributed by atoms with Gasteiger partial charge in [0.1, 0.15) is 5.75 Å². The number of rotatable bonds is 7. The lowest BCUT2D eigenvalue weighted by atomic mass is 10.2. The third-order valence-corrected chi connectivity index (χ3v) is 3.44. The summed E-state index contributed by atoms with van der Waals surface area (Å²) < 4.78 is 5.62. The Morgan fingerprint density at radius 2 is 2.33 bits per heavy atom. The maximum Gasteiger partial charge on any atom is 0.173 e. The largest absolute Gasteiger partial charge is 0.493 e. The first-order chi connectivity index (χ1) is 8.69. The highest BCUT2D eigenvalue weighted by Gasteiger charge is 2.09. The van der Waals surface area contributed by atoms with Crippen molar-refractivity contribution in [1.29, 1.82) is 0 Å². The molecule has 4 nitrogen and oxygen atoms in total. The molecule has 0 bridgehead atoms. The van der Waals surface area contributed by atoms with Crippen molar-refractivity contribution < 1.29 is 9.94 Å². The number of thioether (sulfide) groups is 1. The number of hydrogen-bond acceptors (Lipinski definition) is 4. The summed E-state index contributed by atoms with van der Waals surface area (Å²) in [5.74, 6) is 2.71. The van der Waals surface area contributed by atoms with Crippen LogP contribution in [0.4, 0.5) is 0 Å². The molecule has 6 heteroatoms. The molecule has 0 heterocycles. The Morgan fingerprint density at radius 3 is 3.00 bits per heavy atom. The van der Waals surface area contributed by atoms with Gasteiger partial charge in [0.25, 0.3) is 0 Å². The molecule has 0 saturated carbocycles. The van der Waals surface area contributed by atoms with Gasteiger partial charge in [-0.1, -0.05) is 23.7 Å². The molecule has 0 unspecified atom stereocenters. The minimum atomic E-state index is 0.0181. The zero-order valence-electron chi connectivity index (χ0n) is 10.2. The molecule has 0 aliphatic heterocycles. The van der Waals surface area contributed by atoms with E-state index in [0.717, 1.165) is 17.9 Å². The van der Waals surface area contributed by atoms with E-state index >= 15 is 0 Å². The molecule has 0 aromatic heterocycles. The smallest absolute Gasteiger partial charge is 0.173 e. The van der Waals surface area contributed by atoms with E-state index in [1.165, 1.54) is 0 Å². The van der Waals surface area contributed by atoms with Crippen molar-refractivity contribution >= 4 is 29.2 Å². The fourth-order valence-corrected chi connectivity index (χ4v) is 2.14. The van der Waals surface area contributed by atoms with Gasteiger partial charge in [-0.2, -0.15) is 11.8 Å². The van der Waals surface area contributed by atoms with Crippen LogP contribution in [-0.2, 0) is 0 Å². The SMILES string of the molecule is CCSCCCOc1cc(Cl)ccc1/C(N)=N/O. The van der Waals surface area contributed by atoms with Crippen LogP contribution >= 0.6 is 23.4 Å². The minimum Gasteiger partial charge on any atom is -0.493 e. The number of nitrogens with zero attached hydrogens (tertiary/aromatic N) is 1. The maximum absolute atomic E-state index is 8.69. The van der Waals surface area contributed by atoms with Crippen molar-refractivity contribution in [3.63, 3.8) is 0 Å². The lowest BCUT2D eigenvalue weighted by Gasteiger charge is -2.10. The van der Waals surface area contributed by atoms with E-state index < -0.39 is 0 Å². The van der Waals surface area contributed by atoms with Crippen LogP contribution in [-0.4, -0.2) is 29.2 Å². The number of halogens is 1. The summed E-state index contributed by atoms with van der Waals surface area (Å²) >= 11 is 7.77. The van der Waals surface area contributed by atoms with Crippen LogP contribution in [0.3, 0.4) is 0 Å². The summed E-state index contributed by atoms with van der Waals surface area (Å²) in [6, 6.07) is 5.02. The number of oxime groups is 1. The number of nitrogens with two attached hydrogens (primary N) is 1. The topological polar surface area (TPSA) is 67.8 Å². The van der Waals surface area contributed by atoms with E-state index in [2.05, 4.69) is 12.1 Å². The van der Waals surface area contributed by atoms with Crippen LogP contribution in [0, 0.1) is 0 Å². The monoisotopic (exact) mass is 288 g/mol. The molecule has 1 rings (SSSR count). The predicted molar refractivity (Wildman–Crippen MR) is 77.1 cm³/mol. The van der Waals surface area contributed by atoms with Crippen molar-refractivity contribution in [3.05, 3.63) is 28.8 Å². The van der Waals surface area contributed by atoms with Crippen molar-refractivity contribution in [3.8, 4) is 5.75 Å². The Balaban J connectivity index is 2.65. The zero-order chi connectivity index (χ0) is 13.4. The molecule has 0 atom stereocenters. The van der Waals surface area contributed by atoms with Gasteiger partial charge in [-0.25, -0.2) is 0 Å². The second-order valence-electron chi connectivity index (χ2n) is 3.52. The van der Waals surface area contributed by atoms with Gasteiger partial charge >= 0.3 is 0 Å². The Morgan fingerprint density at radius 1 is 1.56 bits per heavy atom. The molecule has 100 valence electrons. The standard InChI is InChI=1S/C12H17ClN2O2S/c1-2-18-7-3-6-17-11-8-9(13)4-5-10(11)12(14)15-16/h4-5,8,16H,2-3,6-7H2,1H3,(H2,14,15). The van der Waals surface area contributed by atoms with Crippen LogP contribution < -0.4 is 10.5 Å². The van der Waals surface area contributed by atoms with Crippen LogP contribution in [0.2, 0.25) is 5.02 Å². The lowest BCUT2D eigenvalue weighted by molar-refractivity contribution is 0.312. The fraction of sp³-hybridized carbons (Fsp3) is 0.417. The fourth-order valence-electron chi connectivity index (χ4n) is 1.37. The van der Waals surface area contributed by atoms with Crippen LogP contribution in [0.25, 0.3) is 0 Å². The zero-order valence-corrected chi connectivity index (χ0v) is 11.8. The molecule has 0 aliphatic carbocycles. The van der Waals surface area contributed by atoms with Gasteiger partial charge in [-0.05, 0) is 36.1 Å². The first-order valence-corrected chi connectivity index (χ1v) is 7.20. The van der Waals surface area contributed by atoms with Crippen LogP contribution in [0.1, 0.15) is 18.9 Å². The molecule has 0 aliphatic rings. The van der Waals surface area contributed by atoms with Crippen LogP contribution in [0.5, 0.6) is 5.75 Å². The Hall–Kier alpha value is -1.07. The number of ether oxygens (including phenoxy) is 1. The van der Waals surface area contributed by atoms with Gasteiger partial charge in [0.15, 0.2) is 5.84 Å². The average Bonchev–Trinajstić information content (AvgIpc) is 2.38. The van der Waals surface area contributed by atoms with E-state index in [4.69, 9.17) is 27.3 Å². The second-order valence-corrected chi connectivity index (χ2v) is 5.35. The van der Waals surface area contributed by atoms with Gasteiger partial charge in [0, 0.05) is 5.02 Å². The van der Waals surface area contributed by atoms with Crippen molar-refractivity contribution in [2.45, 2.75) is 13.3 Å². The number of benzene rings is 1. The van der Waals surface area contributed by atoms with Crippen molar-refractivity contribution in [1.82, 2.24) is 0 Å². The Bertz CT molecular complexity index is 413. The molecule has 18 heavy (non-hydrogen) atoms. The number of hydrogen-bond donors (Lipinski definition) is 2. The normalized spacial score (nSPS) is 11.6. The summed E-state index contributed by atoms with van der Waals surface area (Å²) in [6.07, 6.45) is 0.945. The molecule has 0 radical (unpaired) electrons. The highest BCUT2D eigenvalue weighted by Crippen LogP contribution is 2.23. The summed E-state index contributed by atoms with van der Waals surface area (Å²) in [7, 11) is 0.